The standard InChI is InChI=1S/C15H9Br2NOS/c16-11-5-4-8(6-13(11)18)14(19)10-7-20-15-9(10)2-1-3-12(15)17/h1-7H,18H2. The number of nitrogen functional groups attached to an aromatic ring is 1. The fourth-order valence-electron chi connectivity index (χ4n) is 2.04. The summed E-state index contributed by atoms with van der Waals surface area (Å²) in [5.74, 6) is -0.00597. The fraction of sp³-hybridized carbons (Fsp3) is 0. The maximum absolute atomic E-state index is 12.6. The van der Waals surface area contributed by atoms with E-state index in [1.165, 1.54) is 0 Å². The van der Waals surface area contributed by atoms with Crippen molar-refractivity contribution in [3.63, 3.8) is 0 Å². The molecule has 0 unspecified atom stereocenters. The Morgan fingerprint density at radius 2 is 1.90 bits per heavy atom. The number of rotatable bonds is 2. The first-order chi connectivity index (χ1) is 9.58. The van der Waals surface area contributed by atoms with Gasteiger partial charge in [-0.25, -0.2) is 0 Å². The van der Waals surface area contributed by atoms with E-state index in [4.69, 9.17) is 5.73 Å². The molecule has 1 aromatic heterocycles. The number of halogens is 2. The van der Waals surface area contributed by atoms with Crippen molar-refractivity contribution in [1.82, 2.24) is 0 Å². The molecule has 2 aromatic carbocycles. The van der Waals surface area contributed by atoms with Gasteiger partial charge in [0.2, 0.25) is 0 Å². The highest BCUT2D eigenvalue weighted by atomic mass is 79.9. The lowest BCUT2D eigenvalue weighted by atomic mass is 10.0. The van der Waals surface area contributed by atoms with Gasteiger partial charge in [-0.2, -0.15) is 0 Å². The number of ketones is 1. The zero-order valence-corrected chi connectivity index (χ0v) is 14.2. The van der Waals surface area contributed by atoms with Crippen molar-refractivity contribution >= 4 is 64.8 Å². The number of hydrogen-bond donors (Lipinski definition) is 1. The van der Waals surface area contributed by atoms with Crippen LogP contribution in [0.4, 0.5) is 5.69 Å². The van der Waals surface area contributed by atoms with Gasteiger partial charge in [-0.15, -0.1) is 11.3 Å². The van der Waals surface area contributed by atoms with Gasteiger partial charge in [-0.05, 0) is 56.1 Å². The predicted molar refractivity (Wildman–Crippen MR) is 91.5 cm³/mol. The van der Waals surface area contributed by atoms with E-state index in [0.29, 0.717) is 16.8 Å². The summed E-state index contributed by atoms with van der Waals surface area (Å²) in [6.45, 7) is 0. The molecule has 2 nitrogen and oxygen atoms in total. The molecule has 0 aliphatic heterocycles. The van der Waals surface area contributed by atoms with E-state index in [1.807, 2.05) is 23.6 Å². The number of fused-ring (bicyclic) bond motifs is 1. The van der Waals surface area contributed by atoms with Crippen LogP contribution in [0, 0.1) is 0 Å². The normalized spacial score (nSPS) is 10.9. The molecule has 0 saturated carbocycles. The van der Waals surface area contributed by atoms with Gasteiger partial charge in [0.25, 0.3) is 0 Å². The van der Waals surface area contributed by atoms with E-state index in [1.54, 1.807) is 29.5 Å². The van der Waals surface area contributed by atoms with Gasteiger partial charge in [0.1, 0.15) is 0 Å². The molecule has 0 aliphatic rings. The van der Waals surface area contributed by atoms with Gasteiger partial charge in [0.15, 0.2) is 5.78 Å². The summed E-state index contributed by atoms with van der Waals surface area (Å²) in [6, 6.07) is 11.2. The van der Waals surface area contributed by atoms with Crippen LogP contribution in [0.2, 0.25) is 0 Å². The minimum atomic E-state index is -0.00597. The molecule has 0 radical (unpaired) electrons. The molecular weight excluding hydrogens is 402 g/mol. The van der Waals surface area contributed by atoms with Crippen LogP contribution in [0.5, 0.6) is 0 Å². The molecule has 5 heteroatoms. The van der Waals surface area contributed by atoms with Crippen molar-refractivity contribution in [3.8, 4) is 0 Å². The SMILES string of the molecule is Nc1cc(C(=O)c2csc3c(Br)cccc23)ccc1Br. The van der Waals surface area contributed by atoms with Crippen LogP contribution in [-0.4, -0.2) is 5.78 Å². The number of benzene rings is 2. The largest absolute Gasteiger partial charge is 0.398 e. The first kappa shape index (κ1) is 13.8. The van der Waals surface area contributed by atoms with Crippen LogP contribution in [0.1, 0.15) is 15.9 Å². The van der Waals surface area contributed by atoms with Crippen molar-refractivity contribution in [2.24, 2.45) is 0 Å². The van der Waals surface area contributed by atoms with Gasteiger partial charge in [0.05, 0.1) is 0 Å². The Kier molecular flexibility index (Phi) is 3.67. The molecule has 100 valence electrons. The average Bonchev–Trinajstić information content (AvgIpc) is 2.86. The maximum atomic E-state index is 12.6. The number of thiophene rings is 1. The fourth-order valence-corrected chi connectivity index (χ4v) is 3.89. The number of carbonyl (C=O) groups excluding carboxylic acids is 1. The topological polar surface area (TPSA) is 43.1 Å². The van der Waals surface area contributed by atoms with Gasteiger partial charge < -0.3 is 5.73 Å². The third kappa shape index (κ3) is 2.30. The molecule has 20 heavy (non-hydrogen) atoms. The third-order valence-corrected chi connectivity index (χ3v) is 5.73. The van der Waals surface area contributed by atoms with E-state index >= 15 is 0 Å². The van der Waals surface area contributed by atoms with E-state index in [9.17, 15) is 4.79 Å². The third-order valence-electron chi connectivity index (χ3n) is 3.05. The molecule has 0 spiro atoms. The summed E-state index contributed by atoms with van der Waals surface area (Å²) in [7, 11) is 0. The summed E-state index contributed by atoms with van der Waals surface area (Å²) in [6.07, 6.45) is 0. The van der Waals surface area contributed by atoms with Crippen molar-refractivity contribution in [1.29, 1.82) is 0 Å². The highest BCUT2D eigenvalue weighted by Crippen LogP contribution is 2.33. The molecule has 0 atom stereocenters. The first-order valence-electron chi connectivity index (χ1n) is 5.83. The molecule has 3 rings (SSSR count). The van der Waals surface area contributed by atoms with E-state index < -0.39 is 0 Å². The van der Waals surface area contributed by atoms with Gasteiger partial charge in [-0.1, -0.05) is 12.1 Å². The van der Waals surface area contributed by atoms with E-state index in [0.717, 1.165) is 19.0 Å². The summed E-state index contributed by atoms with van der Waals surface area (Å²) in [5.41, 5.74) is 7.73. The van der Waals surface area contributed by atoms with Crippen LogP contribution in [-0.2, 0) is 0 Å². The lowest BCUT2D eigenvalue weighted by Crippen LogP contribution is -2.01. The minimum Gasteiger partial charge on any atom is -0.398 e. The summed E-state index contributed by atoms with van der Waals surface area (Å²) in [4.78, 5) is 12.6. The van der Waals surface area contributed by atoms with Crippen LogP contribution in [0.3, 0.4) is 0 Å². The van der Waals surface area contributed by atoms with Gasteiger partial charge >= 0.3 is 0 Å². The lowest BCUT2D eigenvalue weighted by Gasteiger charge is -2.03. The quantitative estimate of drug-likeness (QED) is 0.463. The Morgan fingerprint density at radius 1 is 1.10 bits per heavy atom. The zero-order chi connectivity index (χ0) is 14.3. The Bertz CT molecular complexity index is 826. The Labute approximate surface area is 136 Å². The molecule has 0 bridgehead atoms. The van der Waals surface area contributed by atoms with Crippen LogP contribution in [0.25, 0.3) is 10.1 Å². The average molecular weight is 411 g/mol. The van der Waals surface area contributed by atoms with Crippen molar-refractivity contribution in [2.45, 2.75) is 0 Å². The second-order valence-corrected chi connectivity index (χ2v) is 6.92. The lowest BCUT2D eigenvalue weighted by molar-refractivity contribution is 0.104. The Morgan fingerprint density at radius 3 is 2.65 bits per heavy atom. The van der Waals surface area contributed by atoms with Crippen LogP contribution in [0.15, 0.2) is 50.7 Å². The number of carbonyl (C=O) groups is 1. The molecule has 1 heterocycles. The molecule has 0 aliphatic carbocycles. The second-order valence-electron chi connectivity index (χ2n) is 4.33. The first-order valence-corrected chi connectivity index (χ1v) is 8.30. The monoisotopic (exact) mass is 409 g/mol. The summed E-state index contributed by atoms with van der Waals surface area (Å²) in [5, 5.41) is 2.87. The molecule has 0 saturated heterocycles. The zero-order valence-electron chi connectivity index (χ0n) is 10.2. The van der Waals surface area contributed by atoms with E-state index in [-0.39, 0.29) is 5.78 Å². The molecule has 0 fully saturated rings. The highest BCUT2D eigenvalue weighted by molar-refractivity contribution is 9.11. The molecule has 0 amide bonds. The van der Waals surface area contributed by atoms with Gasteiger partial charge in [0, 0.05) is 41.2 Å². The Balaban J connectivity index is 2.13. The van der Waals surface area contributed by atoms with Gasteiger partial charge in [-0.3, -0.25) is 4.79 Å². The molecule has 3 aromatic rings. The highest BCUT2D eigenvalue weighted by Gasteiger charge is 2.16. The van der Waals surface area contributed by atoms with Crippen molar-refractivity contribution < 1.29 is 4.79 Å². The summed E-state index contributed by atoms with van der Waals surface area (Å²) < 4.78 is 2.89. The van der Waals surface area contributed by atoms with Crippen LogP contribution >= 0.6 is 43.2 Å². The second kappa shape index (κ2) is 5.31. The summed E-state index contributed by atoms with van der Waals surface area (Å²) >= 11 is 8.41. The Hall–Kier alpha value is -1.17. The minimum absolute atomic E-state index is 0.00597. The van der Waals surface area contributed by atoms with Crippen molar-refractivity contribution in [3.05, 3.63) is 61.9 Å². The number of anilines is 1. The predicted octanol–water partition coefficient (Wildman–Crippen LogP) is 5.24. The molecular formula is C15H9Br2NOS. The number of hydrogen-bond acceptors (Lipinski definition) is 3. The smallest absolute Gasteiger partial charge is 0.194 e. The maximum Gasteiger partial charge on any atom is 0.194 e. The van der Waals surface area contributed by atoms with Crippen LogP contribution < -0.4 is 5.73 Å². The van der Waals surface area contributed by atoms with Crippen molar-refractivity contribution in [2.75, 3.05) is 5.73 Å². The number of nitrogens with two attached hydrogens (primary N) is 1. The van der Waals surface area contributed by atoms with E-state index in [2.05, 4.69) is 31.9 Å². The molecule has 2 N–H and O–H groups in total.